The van der Waals surface area contributed by atoms with Crippen LogP contribution < -0.4 is 0 Å². The topological polar surface area (TPSA) is 64.8 Å². The van der Waals surface area contributed by atoms with Crippen LogP contribution in [0.1, 0.15) is 47.4 Å². The van der Waals surface area contributed by atoms with Gasteiger partial charge in [-0.25, -0.2) is 0 Å². The summed E-state index contributed by atoms with van der Waals surface area (Å²) in [6, 6.07) is 7.52. The van der Waals surface area contributed by atoms with Gasteiger partial charge in [-0.2, -0.15) is 5.10 Å². The van der Waals surface area contributed by atoms with Crippen LogP contribution >= 0.6 is 11.6 Å². The maximum Gasteiger partial charge on any atom is 0.270 e. The summed E-state index contributed by atoms with van der Waals surface area (Å²) in [7, 11) is 0. The van der Waals surface area contributed by atoms with E-state index in [9.17, 15) is 4.79 Å². The van der Waals surface area contributed by atoms with Crippen molar-refractivity contribution in [2.24, 2.45) is 0 Å². The van der Waals surface area contributed by atoms with E-state index in [0.29, 0.717) is 16.6 Å². The molecule has 0 radical (unpaired) electrons. The molecule has 2 N–H and O–H groups in total. The molecular formula is C19H21ClN4O. The summed E-state index contributed by atoms with van der Waals surface area (Å²) in [5, 5.41) is 8.88. The molecule has 3 heterocycles. The van der Waals surface area contributed by atoms with Crippen LogP contribution in [-0.2, 0) is 6.42 Å². The lowest BCUT2D eigenvalue weighted by molar-refractivity contribution is 0.0700. The molecule has 1 aliphatic heterocycles. The SMILES string of the molecule is CCc1cn[nH]c1C1CCCN(C(=O)c2cc3c(Cl)cccc3[nH]2)C1. The lowest BCUT2D eigenvalue weighted by Gasteiger charge is -2.32. The Morgan fingerprint density at radius 1 is 1.44 bits per heavy atom. The fraction of sp³-hybridized carbons (Fsp3) is 0.368. The quantitative estimate of drug-likeness (QED) is 0.741. The number of carbonyl (C=O) groups excluding carboxylic acids is 1. The molecule has 0 bridgehead atoms. The number of aryl methyl sites for hydroxylation is 1. The number of fused-ring (bicyclic) bond motifs is 1. The predicted octanol–water partition coefficient (Wildman–Crippen LogP) is 4.13. The average molecular weight is 357 g/mol. The van der Waals surface area contributed by atoms with Gasteiger partial charge in [0.05, 0.1) is 6.20 Å². The van der Waals surface area contributed by atoms with Crippen molar-refractivity contribution in [3.63, 3.8) is 0 Å². The van der Waals surface area contributed by atoms with Crippen LogP contribution in [0.3, 0.4) is 0 Å². The third kappa shape index (κ3) is 2.93. The molecule has 1 unspecified atom stereocenters. The van der Waals surface area contributed by atoms with Crippen LogP contribution in [0.5, 0.6) is 0 Å². The molecule has 1 aliphatic rings. The second kappa shape index (κ2) is 6.56. The summed E-state index contributed by atoms with van der Waals surface area (Å²) >= 11 is 6.23. The Labute approximate surface area is 151 Å². The van der Waals surface area contributed by atoms with E-state index in [-0.39, 0.29) is 5.91 Å². The van der Waals surface area contributed by atoms with Crippen molar-refractivity contribution in [2.45, 2.75) is 32.1 Å². The minimum Gasteiger partial charge on any atom is -0.350 e. The Morgan fingerprint density at radius 3 is 3.12 bits per heavy atom. The van der Waals surface area contributed by atoms with Crippen LogP contribution in [-0.4, -0.2) is 39.1 Å². The molecule has 0 aliphatic carbocycles. The maximum atomic E-state index is 13.0. The second-order valence-electron chi connectivity index (χ2n) is 6.64. The number of hydrogen-bond acceptors (Lipinski definition) is 2. The first-order valence-corrected chi connectivity index (χ1v) is 9.13. The molecular weight excluding hydrogens is 336 g/mol. The fourth-order valence-corrected chi connectivity index (χ4v) is 3.99. The lowest BCUT2D eigenvalue weighted by Crippen LogP contribution is -2.39. The zero-order chi connectivity index (χ0) is 17.4. The molecule has 1 fully saturated rings. The molecule has 0 spiro atoms. The molecule has 5 nitrogen and oxygen atoms in total. The van der Waals surface area contributed by atoms with Crippen molar-refractivity contribution in [2.75, 3.05) is 13.1 Å². The smallest absolute Gasteiger partial charge is 0.270 e. The van der Waals surface area contributed by atoms with Crippen LogP contribution in [0.25, 0.3) is 10.9 Å². The number of rotatable bonds is 3. The second-order valence-corrected chi connectivity index (χ2v) is 7.04. The molecule has 1 aromatic carbocycles. The Bertz CT molecular complexity index is 913. The van der Waals surface area contributed by atoms with Gasteiger partial charge in [0.2, 0.25) is 0 Å². The van der Waals surface area contributed by atoms with E-state index in [2.05, 4.69) is 22.1 Å². The number of aromatic nitrogens is 3. The summed E-state index contributed by atoms with van der Waals surface area (Å²) in [4.78, 5) is 18.1. The summed E-state index contributed by atoms with van der Waals surface area (Å²) < 4.78 is 0. The van der Waals surface area contributed by atoms with Crippen LogP contribution in [0.2, 0.25) is 5.02 Å². The van der Waals surface area contributed by atoms with E-state index in [1.807, 2.05) is 35.4 Å². The first kappa shape index (κ1) is 16.2. The summed E-state index contributed by atoms with van der Waals surface area (Å²) in [6.07, 6.45) is 4.93. The number of carbonyl (C=O) groups is 1. The minimum atomic E-state index is 0.0366. The van der Waals surface area contributed by atoms with Gasteiger partial charge in [0.15, 0.2) is 0 Å². The number of nitrogens with one attached hydrogen (secondary N) is 2. The highest BCUT2D eigenvalue weighted by Crippen LogP contribution is 2.30. The Hall–Kier alpha value is -2.27. The molecule has 130 valence electrons. The Morgan fingerprint density at radius 2 is 2.32 bits per heavy atom. The van der Waals surface area contributed by atoms with Crippen LogP contribution in [0.4, 0.5) is 0 Å². The number of likely N-dealkylation sites (tertiary alicyclic amines) is 1. The molecule has 1 amide bonds. The van der Waals surface area contributed by atoms with Crippen molar-refractivity contribution in [1.29, 1.82) is 0 Å². The first-order chi connectivity index (χ1) is 12.2. The summed E-state index contributed by atoms with van der Waals surface area (Å²) in [5.74, 6) is 0.359. The molecule has 0 saturated carbocycles. The van der Waals surface area contributed by atoms with Gasteiger partial charge in [0.1, 0.15) is 5.69 Å². The number of aromatic amines is 2. The number of H-pyrrole nitrogens is 2. The van der Waals surface area contributed by atoms with Crippen molar-refractivity contribution in [3.05, 3.63) is 52.4 Å². The third-order valence-electron chi connectivity index (χ3n) is 5.09. The Balaban J connectivity index is 1.58. The summed E-state index contributed by atoms with van der Waals surface area (Å²) in [5.41, 5.74) is 3.92. The molecule has 6 heteroatoms. The average Bonchev–Trinajstić information content (AvgIpc) is 3.28. The van der Waals surface area contributed by atoms with Gasteiger partial charge in [-0.3, -0.25) is 9.89 Å². The largest absolute Gasteiger partial charge is 0.350 e. The minimum absolute atomic E-state index is 0.0366. The van der Waals surface area contributed by atoms with Crippen molar-refractivity contribution in [3.8, 4) is 0 Å². The number of benzene rings is 1. The molecule has 25 heavy (non-hydrogen) atoms. The monoisotopic (exact) mass is 356 g/mol. The molecule has 1 atom stereocenters. The molecule has 3 aromatic rings. The van der Waals surface area contributed by atoms with E-state index in [1.54, 1.807) is 0 Å². The zero-order valence-electron chi connectivity index (χ0n) is 14.2. The van der Waals surface area contributed by atoms with Crippen LogP contribution in [0, 0.1) is 0 Å². The third-order valence-corrected chi connectivity index (χ3v) is 5.42. The highest BCUT2D eigenvalue weighted by Gasteiger charge is 2.28. The number of hydrogen-bond donors (Lipinski definition) is 2. The van der Waals surface area contributed by atoms with Gasteiger partial charge in [-0.05, 0) is 43.0 Å². The van der Waals surface area contributed by atoms with E-state index in [1.165, 1.54) is 11.3 Å². The van der Waals surface area contributed by atoms with Crippen molar-refractivity contribution < 1.29 is 4.79 Å². The summed E-state index contributed by atoms with van der Waals surface area (Å²) in [6.45, 7) is 3.64. The van der Waals surface area contributed by atoms with Gasteiger partial charge >= 0.3 is 0 Å². The van der Waals surface area contributed by atoms with E-state index in [4.69, 9.17) is 11.6 Å². The Kier molecular flexibility index (Phi) is 4.25. The predicted molar refractivity (Wildman–Crippen MR) is 99.2 cm³/mol. The molecule has 4 rings (SSSR count). The number of nitrogens with zero attached hydrogens (tertiary/aromatic N) is 2. The number of halogens is 1. The van der Waals surface area contributed by atoms with Gasteiger partial charge in [0.25, 0.3) is 5.91 Å². The van der Waals surface area contributed by atoms with Crippen molar-refractivity contribution in [1.82, 2.24) is 20.1 Å². The normalized spacial score (nSPS) is 18.0. The molecule has 1 saturated heterocycles. The lowest BCUT2D eigenvalue weighted by atomic mass is 9.92. The standard InChI is InChI=1S/C19H21ClN4O/c1-2-12-10-21-23-18(12)13-5-4-8-24(11-13)19(25)17-9-14-15(20)6-3-7-16(14)22-17/h3,6-7,9-10,13,22H,2,4-5,8,11H2,1H3,(H,21,23). The van der Waals surface area contributed by atoms with Gasteiger partial charge < -0.3 is 9.88 Å². The molecule has 2 aromatic heterocycles. The first-order valence-electron chi connectivity index (χ1n) is 8.76. The van der Waals surface area contributed by atoms with Crippen molar-refractivity contribution >= 4 is 28.4 Å². The number of piperidine rings is 1. The number of amides is 1. The van der Waals surface area contributed by atoms with E-state index < -0.39 is 0 Å². The van der Waals surface area contributed by atoms with E-state index >= 15 is 0 Å². The highest BCUT2D eigenvalue weighted by molar-refractivity contribution is 6.35. The fourth-order valence-electron chi connectivity index (χ4n) is 3.76. The maximum absolute atomic E-state index is 13.0. The van der Waals surface area contributed by atoms with E-state index in [0.717, 1.165) is 43.3 Å². The van der Waals surface area contributed by atoms with Gasteiger partial charge in [0, 0.05) is 40.6 Å². The van der Waals surface area contributed by atoms with Crippen LogP contribution in [0.15, 0.2) is 30.5 Å². The zero-order valence-corrected chi connectivity index (χ0v) is 14.9. The van der Waals surface area contributed by atoms with Gasteiger partial charge in [-0.15, -0.1) is 0 Å². The highest BCUT2D eigenvalue weighted by atomic mass is 35.5. The van der Waals surface area contributed by atoms with Gasteiger partial charge in [-0.1, -0.05) is 24.6 Å².